The molecule has 0 bridgehead atoms. The Hall–Kier alpha value is -2.74. The Morgan fingerprint density at radius 1 is 1.32 bits per heavy atom. The van der Waals surface area contributed by atoms with Crippen LogP contribution in [-0.2, 0) is 11.2 Å². The minimum Gasteiger partial charge on any atom is -0.371 e. The van der Waals surface area contributed by atoms with Crippen molar-refractivity contribution in [1.29, 1.82) is 0 Å². The lowest BCUT2D eigenvalue weighted by Gasteiger charge is -2.50. The van der Waals surface area contributed by atoms with E-state index in [0.717, 1.165) is 12.8 Å². The van der Waals surface area contributed by atoms with E-state index in [-0.39, 0.29) is 17.4 Å². The van der Waals surface area contributed by atoms with Crippen LogP contribution in [0.4, 0.5) is 0 Å². The summed E-state index contributed by atoms with van der Waals surface area (Å²) in [4.78, 5) is 30.6. The molecule has 0 radical (unpaired) electrons. The molecule has 2 aliphatic rings. The van der Waals surface area contributed by atoms with Crippen LogP contribution in [0.2, 0.25) is 0 Å². The molecule has 4 rings (SSSR count). The number of ether oxygens (including phenoxy) is 1. The zero-order chi connectivity index (χ0) is 19.6. The van der Waals surface area contributed by atoms with Crippen molar-refractivity contribution >= 4 is 11.8 Å². The Bertz CT molecular complexity index is 845. The molecule has 8 heteroatoms. The zero-order valence-corrected chi connectivity index (χ0v) is 15.9. The van der Waals surface area contributed by atoms with Crippen molar-refractivity contribution in [2.75, 3.05) is 26.2 Å². The summed E-state index contributed by atoms with van der Waals surface area (Å²) in [6.45, 7) is 4.35. The summed E-state index contributed by atoms with van der Waals surface area (Å²) in [6, 6.07) is 3.39. The van der Waals surface area contributed by atoms with Gasteiger partial charge in [0, 0.05) is 37.5 Å². The molecule has 1 spiro atoms. The van der Waals surface area contributed by atoms with E-state index in [1.54, 1.807) is 29.4 Å². The predicted octanol–water partition coefficient (Wildman–Crippen LogP) is 1.68. The minimum atomic E-state index is -0.291. The van der Waals surface area contributed by atoms with E-state index >= 15 is 0 Å². The highest BCUT2D eigenvalue weighted by molar-refractivity contribution is 5.95. The van der Waals surface area contributed by atoms with Gasteiger partial charge in [0.25, 0.3) is 11.8 Å². The second-order valence-corrected chi connectivity index (χ2v) is 7.36. The second-order valence-electron chi connectivity index (χ2n) is 7.36. The fraction of sp³-hybridized carbons (Fsp3) is 0.500. The highest BCUT2D eigenvalue weighted by atomic mass is 16.5. The van der Waals surface area contributed by atoms with Crippen LogP contribution in [0.15, 0.2) is 35.2 Å². The van der Waals surface area contributed by atoms with Crippen LogP contribution in [0.5, 0.6) is 0 Å². The third-order valence-corrected chi connectivity index (χ3v) is 5.72. The molecule has 28 heavy (non-hydrogen) atoms. The van der Waals surface area contributed by atoms with E-state index in [9.17, 15) is 9.59 Å². The number of hydrogen-bond donors (Lipinski definition) is 1. The molecule has 4 heterocycles. The summed E-state index contributed by atoms with van der Waals surface area (Å²) in [5.41, 5.74) is 0.852. The third-order valence-electron chi connectivity index (χ3n) is 5.72. The molecule has 2 aromatic rings. The first-order chi connectivity index (χ1) is 13.6. The Morgan fingerprint density at radius 3 is 2.86 bits per heavy atom. The van der Waals surface area contributed by atoms with Crippen molar-refractivity contribution in [1.82, 2.24) is 20.4 Å². The molecule has 2 aromatic heterocycles. The highest BCUT2D eigenvalue weighted by Crippen LogP contribution is 2.42. The maximum atomic E-state index is 12.7. The van der Waals surface area contributed by atoms with E-state index in [1.807, 2.05) is 6.92 Å². The molecule has 2 aliphatic heterocycles. The van der Waals surface area contributed by atoms with Gasteiger partial charge < -0.3 is 19.5 Å². The summed E-state index contributed by atoms with van der Waals surface area (Å²) in [5.74, 6) is 0.792. The van der Waals surface area contributed by atoms with Crippen molar-refractivity contribution in [3.63, 3.8) is 0 Å². The predicted molar refractivity (Wildman–Crippen MR) is 99.8 cm³/mol. The number of nitrogens with zero attached hydrogens (tertiary/aromatic N) is 3. The fourth-order valence-electron chi connectivity index (χ4n) is 4.11. The standard InChI is InChI=1S/C20H24N4O4/c1-2-17-16(11-23-28-17)19(26)24-12-20(13-24)15(6-10-27-20)5-9-22-18(25)14-3-7-21-8-4-14/h3-4,7-8,11,15H,2,5-6,9-10,12-13H2,1H3,(H,22,25). The van der Waals surface area contributed by atoms with E-state index in [0.29, 0.717) is 55.5 Å². The van der Waals surface area contributed by atoms with Crippen LogP contribution in [0.3, 0.4) is 0 Å². The van der Waals surface area contributed by atoms with Gasteiger partial charge in [0.2, 0.25) is 0 Å². The number of amides is 2. The fourth-order valence-corrected chi connectivity index (χ4v) is 4.11. The number of carbonyl (C=O) groups excluding carboxylic acids is 2. The number of aromatic nitrogens is 2. The molecule has 148 valence electrons. The van der Waals surface area contributed by atoms with E-state index in [1.165, 1.54) is 6.20 Å². The van der Waals surface area contributed by atoms with Gasteiger partial charge in [-0.25, -0.2) is 0 Å². The van der Waals surface area contributed by atoms with E-state index < -0.39 is 0 Å². The van der Waals surface area contributed by atoms with E-state index in [2.05, 4.69) is 15.5 Å². The molecule has 2 amide bonds. The quantitative estimate of drug-likeness (QED) is 0.814. The molecule has 1 atom stereocenters. The normalized spacial score (nSPS) is 20.2. The van der Waals surface area contributed by atoms with Crippen molar-refractivity contribution in [2.24, 2.45) is 5.92 Å². The van der Waals surface area contributed by atoms with Gasteiger partial charge in [0.15, 0.2) is 0 Å². The van der Waals surface area contributed by atoms with Crippen molar-refractivity contribution in [3.8, 4) is 0 Å². The average molecular weight is 384 g/mol. The van der Waals surface area contributed by atoms with Gasteiger partial charge in [-0.3, -0.25) is 14.6 Å². The molecular formula is C20H24N4O4. The summed E-state index contributed by atoms with van der Waals surface area (Å²) in [6.07, 6.45) is 7.11. The van der Waals surface area contributed by atoms with Crippen molar-refractivity contribution in [3.05, 3.63) is 47.6 Å². The topological polar surface area (TPSA) is 97.6 Å². The molecule has 0 saturated carbocycles. The number of nitrogens with one attached hydrogen (secondary N) is 1. The van der Waals surface area contributed by atoms with Gasteiger partial charge in [0.05, 0.1) is 19.3 Å². The highest BCUT2D eigenvalue weighted by Gasteiger charge is 2.54. The van der Waals surface area contributed by atoms with Crippen LogP contribution in [-0.4, -0.2) is 58.7 Å². The number of likely N-dealkylation sites (tertiary alicyclic amines) is 1. The smallest absolute Gasteiger partial charge is 0.259 e. The Morgan fingerprint density at radius 2 is 2.11 bits per heavy atom. The maximum Gasteiger partial charge on any atom is 0.259 e. The van der Waals surface area contributed by atoms with Crippen molar-refractivity contribution < 1.29 is 18.8 Å². The first-order valence-corrected chi connectivity index (χ1v) is 9.68. The molecule has 2 saturated heterocycles. The second kappa shape index (κ2) is 7.71. The van der Waals surface area contributed by atoms with Crippen LogP contribution in [0.1, 0.15) is 46.2 Å². The Labute approximate surface area is 163 Å². The Balaban J connectivity index is 1.30. The number of pyridine rings is 1. The minimum absolute atomic E-state index is 0.0519. The first-order valence-electron chi connectivity index (χ1n) is 9.68. The van der Waals surface area contributed by atoms with Gasteiger partial charge in [-0.1, -0.05) is 12.1 Å². The largest absolute Gasteiger partial charge is 0.371 e. The average Bonchev–Trinajstić information content (AvgIpc) is 3.34. The van der Waals surface area contributed by atoms with Crippen molar-refractivity contribution in [2.45, 2.75) is 31.8 Å². The molecule has 2 fully saturated rings. The monoisotopic (exact) mass is 384 g/mol. The Kier molecular flexibility index (Phi) is 5.13. The van der Waals surface area contributed by atoms with E-state index in [4.69, 9.17) is 9.26 Å². The summed E-state index contributed by atoms with van der Waals surface area (Å²) < 4.78 is 11.2. The van der Waals surface area contributed by atoms with Gasteiger partial charge in [-0.05, 0) is 30.9 Å². The molecule has 1 N–H and O–H groups in total. The molecule has 0 aliphatic carbocycles. The lowest BCUT2D eigenvalue weighted by Crippen LogP contribution is -2.66. The lowest BCUT2D eigenvalue weighted by atomic mass is 9.78. The van der Waals surface area contributed by atoms with Gasteiger partial charge in [0.1, 0.15) is 16.9 Å². The van der Waals surface area contributed by atoms with Crippen LogP contribution < -0.4 is 5.32 Å². The first kappa shape index (κ1) is 18.6. The van der Waals surface area contributed by atoms with Crippen LogP contribution in [0, 0.1) is 5.92 Å². The lowest BCUT2D eigenvalue weighted by molar-refractivity contribution is -0.117. The van der Waals surface area contributed by atoms with Gasteiger partial charge in [-0.2, -0.15) is 0 Å². The number of carbonyl (C=O) groups is 2. The summed E-state index contributed by atoms with van der Waals surface area (Å²) in [7, 11) is 0. The van der Waals surface area contributed by atoms with Crippen LogP contribution >= 0.6 is 0 Å². The van der Waals surface area contributed by atoms with Gasteiger partial charge >= 0.3 is 0 Å². The number of hydrogen-bond acceptors (Lipinski definition) is 6. The molecule has 8 nitrogen and oxygen atoms in total. The SMILES string of the molecule is CCc1oncc1C(=O)N1CC2(C1)OCCC2CCNC(=O)c1ccncc1. The number of aryl methyl sites for hydroxylation is 1. The van der Waals surface area contributed by atoms with Crippen LogP contribution in [0.25, 0.3) is 0 Å². The zero-order valence-electron chi connectivity index (χ0n) is 15.9. The number of rotatable bonds is 6. The maximum absolute atomic E-state index is 12.7. The summed E-state index contributed by atoms with van der Waals surface area (Å²) >= 11 is 0. The molecule has 1 unspecified atom stereocenters. The third kappa shape index (κ3) is 3.40. The molecular weight excluding hydrogens is 360 g/mol. The summed E-state index contributed by atoms with van der Waals surface area (Å²) in [5, 5.41) is 6.70. The van der Waals surface area contributed by atoms with Gasteiger partial charge in [-0.15, -0.1) is 0 Å². The molecule has 0 aromatic carbocycles.